The molecule has 0 spiro atoms. The number of carbonyl (C=O) groups excluding carboxylic acids is 3. The fourth-order valence-corrected chi connectivity index (χ4v) is 4.34. The van der Waals surface area contributed by atoms with Gasteiger partial charge in [0.2, 0.25) is 0 Å². The predicted molar refractivity (Wildman–Crippen MR) is 132 cm³/mol. The number of nitrogens with one attached hydrogen (secondary N) is 1. The number of amides is 4. The first-order valence-corrected chi connectivity index (χ1v) is 11.4. The monoisotopic (exact) mass is 572 g/mol. The van der Waals surface area contributed by atoms with E-state index in [0.717, 1.165) is 17.0 Å². The first-order chi connectivity index (χ1) is 17.1. The summed E-state index contributed by atoms with van der Waals surface area (Å²) in [5, 5.41) is 11.3. The van der Waals surface area contributed by atoms with Gasteiger partial charge < -0.3 is 9.84 Å². The summed E-state index contributed by atoms with van der Waals surface area (Å²) in [6.07, 6.45) is 1.27. The molecule has 0 aliphatic carbocycles. The second kappa shape index (κ2) is 10.3. The fourth-order valence-electron chi connectivity index (χ4n) is 3.35. The molecule has 0 atom stereocenters. The Kier molecular flexibility index (Phi) is 7.18. The van der Waals surface area contributed by atoms with Crippen LogP contribution in [0.4, 0.5) is 14.9 Å². The van der Waals surface area contributed by atoms with Crippen molar-refractivity contribution in [1.82, 2.24) is 5.32 Å². The lowest BCUT2D eigenvalue weighted by atomic mass is 10.1. The summed E-state index contributed by atoms with van der Waals surface area (Å²) in [4.78, 5) is 49.4. The molecule has 1 fully saturated rings. The van der Waals surface area contributed by atoms with E-state index in [0.29, 0.717) is 21.3 Å². The number of aromatic carboxylic acids is 1. The average molecular weight is 574 g/mol. The number of benzene rings is 3. The maximum Gasteiger partial charge on any atom is 0.335 e. The van der Waals surface area contributed by atoms with E-state index in [1.807, 2.05) is 0 Å². The number of carboxylic acids is 1. The molecule has 11 heteroatoms. The zero-order valence-electron chi connectivity index (χ0n) is 18.1. The Labute approximate surface area is 217 Å². The highest BCUT2D eigenvalue weighted by atomic mass is 79.9. The molecular formula is C25H15BrClFN2O6. The summed E-state index contributed by atoms with van der Waals surface area (Å²) < 4.78 is 19.5. The van der Waals surface area contributed by atoms with Crippen LogP contribution in [-0.2, 0) is 16.2 Å². The van der Waals surface area contributed by atoms with Crippen molar-refractivity contribution in [2.45, 2.75) is 6.61 Å². The quantitative estimate of drug-likeness (QED) is 0.310. The highest BCUT2D eigenvalue weighted by molar-refractivity contribution is 9.10. The summed E-state index contributed by atoms with van der Waals surface area (Å²) in [6.45, 7) is 0.105. The number of imide groups is 2. The van der Waals surface area contributed by atoms with Gasteiger partial charge in [0, 0.05) is 0 Å². The van der Waals surface area contributed by atoms with Crippen molar-refractivity contribution in [3.8, 4) is 5.75 Å². The summed E-state index contributed by atoms with van der Waals surface area (Å²) in [6, 6.07) is 12.9. The van der Waals surface area contributed by atoms with Crippen LogP contribution in [0.2, 0.25) is 5.02 Å². The zero-order valence-corrected chi connectivity index (χ0v) is 20.5. The molecule has 1 aliphatic heterocycles. The number of nitrogens with zero attached hydrogens (tertiary/aromatic N) is 1. The van der Waals surface area contributed by atoms with Crippen LogP contribution in [0.3, 0.4) is 0 Å². The Morgan fingerprint density at radius 3 is 2.36 bits per heavy atom. The second-order valence-electron chi connectivity index (χ2n) is 7.54. The Hall–Kier alpha value is -4.02. The van der Waals surface area contributed by atoms with Crippen LogP contribution >= 0.6 is 27.5 Å². The van der Waals surface area contributed by atoms with Gasteiger partial charge in [-0.05, 0) is 81.7 Å². The summed E-state index contributed by atoms with van der Waals surface area (Å²) in [7, 11) is 0. The normalized spacial score (nSPS) is 14.7. The average Bonchev–Trinajstić information content (AvgIpc) is 2.82. The maximum atomic E-state index is 13.3. The van der Waals surface area contributed by atoms with Gasteiger partial charge in [0.15, 0.2) is 5.75 Å². The molecule has 182 valence electrons. The van der Waals surface area contributed by atoms with Gasteiger partial charge in [-0.2, -0.15) is 0 Å². The SMILES string of the molecule is O=C1NC(=O)N(c2ccc(F)cc2)C(=O)/C1=C/c1cc(Cl)c(OCc2ccc(C(=O)O)cc2)c(Br)c1. The van der Waals surface area contributed by atoms with Crippen LogP contribution in [0.25, 0.3) is 6.08 Å². The minimum atomic E-state index is -1.03. The standard InChI is InChI=1S/C25H15BrClFN2O6/c26-19-10-14(11-20(27)21(19)36-12-13-1-3-15(4-2-13)24(33)34)9-18-22(31)29-25(35)30(23(18)32)17-7-5-16(28)6-8-17/h1-11H,12H2,(H,33,34)(H,29,31,35)/b18-9+. The number of hydrogen-bond acceptors (Lipinski definition) is 5. The van der Waals surface area contributed by atoms with Crippen LogP contribution in [0, 0.1) is 5.82 Å². The fraction of sp³-hybridized carbons (Fsp3) is 0.0400. The van der Waals surface area contributed by atoms with Crippen LogP contribution in [0.1, 0.15) is 21.5 Å². The van der Waals surface area contributed by atoms with Gasteiger partial charge in [-0.1, -0.05) is 23.7 Å². The molecule has 0 saturated carbocycles. The topological polar surface area (TPSA) is 113 Å². The van der Waals surface area contributed by atoms with Crippen LogP contribution in [-0.4, -0.2) is 28.9 Å². The van der Waals surface area contributed by atoms with Crippen molar-refractivity contribution >= 4 is 63.1 Å². The van der Waals surface area contributed by atoms with Crippen LogP contribution in [0.15, 0.2) is 70.7 Å². The summed E-state index contributed by atoms with van der Waals surface area (Å²) >= 11 is 9.73. The number of ether oxygens (including phenoxy) is 1. The molecule has 8 nitrogen and oxygen atoms in total. The Bertz CT molecular complexity index is 1400. The van der Waals surface area contributed by atoms with Crippen LogP contribution < -0.4 is 15.0 Å². The van der Waals surface area contributed by atoms with E-state index >= 15 is 0 Å². The number of rotatable bonds is 6. The Morgan fingerprint density at radius 1 is 1.08 bits per heavy atom. The number of hydrogen-bond donors (Lipinski definition) is 2. The molecule has 0 radical (unpaired) electrons. The first kappa shape index (κ1) is 25.1. The number of urea groups is 1. The lowest BCUT2D eigenvalue weighted by Crippen LogP contribution is -2.54. The van der Waals surface area contributed by atoms with Crippen molar-refractivity contribution < 1.29 is 33.4 Å². The lowest BCUT2D eigenvalue weighted by molar-refractivity contribution is -0.122. The van der Waals surface area contributed by atoms with Crippen molar-refractivity contribution in [2.75, 3.05) is 4.90 Å². The molecule has 1 heterocycles. The number of carboxylic acid groups (broad SMARTS) is 1. The van der Waals surface area contributed by atoms with Crippen LogP contribution in [0.5, 0.6) is 5.75 Å². The molecule has 0 unspecified atom stereocenters. The second-order valence-corrected chi connectivity index (χ2v) is 8.80. The van der Waals surface area contributed by atoms with Gasteiger partial charge in [-0.25, -0.2) is 18.9 Å². The van der Waals surface area contributed by atoms with E-state index in [2.05, 4.69) is 21.2 Å². The summed E-state index contributed by atoms with van der Waals surface area (Å²) in [5.74, 6) is -3.06. The van der Waals surface area contributed by atoms with Crippen molar-refractivity contribution in [3.05, 3.63) is 98.2 Å². The van der Waals surface area contributed by atoms with Crippen molar-refractivity contribution in [2.24, 2.45) is 0 Å². The maximum absolute atomic E-state index is 13.3. The number of halogens is 3. The number of carbonyl (C=O) groups is 4. The third-order valence-electron chi connectivity index (χ3n) is 5.10. The van der Waals surface area contributed by atoms with E-state index in [-0.39, 0.29) is 28.5 Å². The van der Waals surface area contributed by atoms with E-state index in [4.69, 9.17) is 21.4 Å². The van der Waals surface area contributed by atoms with Gasteiger partial charge in [0.05, 0.1) is 20.7 Å². The third kappa shape index (κ3) is 5.29. The predicted octanol–water partition coefficient (Wildman–Crippen LogP) is 5.19. The molecule has 36 heavy (non-hydrogen) atoms. The largest absolute Gasteiger partial charge is 0.486 e. The molecule has 1 aliphatic rings. The van der Waals surface area contributed by atoms with E-state index in [9.17, 15) is 23.6 Å². The molecule has 4 amide bonds. The molecule has 4 rings (SSSR count). The molecule has 0 bridgehead atoms. The molecule has 1 saturated heterocycles. The smallest absolute Gasteiger partial charge is 0.335 e. The van der Waals surface area contributed by atoms with E-state index < -0.39 is 29.6 Å². The van der Waals surface area contributed by atoms with Gasteiger partial charge >= 0.3 is 12.0 Å². The molecule has 3 aromatic carbocycles. The number of anilines is 1. The lowest BCUT2D eigenvalue weighted by Gasteiger charge is -2.26. The van der Waals surface area contributed by atoms with Crippen molar-refractivity contribution in [1.29, 1.82) is 0 Å². The number of barbiturate groups is 1. The van der Waals surface area contributed by atoms with Gasteiger partial charge in [-0.3, -0.25) is 14.9 Å². The molecule has 0 aromatic heterocycles. The minimum Gasteiger partial charge on any atom is -0.486 e. The zero-order chi connectivity index (χ0) is 26.0. The van der Waals surface area contributed by atoms with E-state index in [1.54, 1.807) is 18.2 Å². The summed E-state index contributed by atoms with van der Waals surface area (Å²) in [5.41, 5.74) is 1.00. The van der Waals surface area contributed by atoms with E-state index in [1.165, 1.54) is 36.4 Å². The third-order valence-corrected chi connectivity index (χ3v) is 5.97. The van der Waals surface area contributed by atoms with Gasteiger partial charge in [-0.15, -0.1) is 0 Å². The van der Waals surface area contributed by atoms with Gasteiger partial charge in [0.25, 0.3) is 11.8 Å². The minimum absolute atomic E-state index is 0.0941. The first-order valence-electron chi connectivity index (χ1n) is 10.2. The highest BCUT2D eigenvalue weighted by Gasteiger charge is 2.36. The highest BCUT2D eigenvalue weighted by Crippen LogP contribution is 2.36. The van der Waals surface area contributed by atoms with Crippen molar-refractivity contribution in [3.63, 3.8) is 0 Å². The molecule has 2 N–H and O–H groups in total. The molecular weight excluding hydrogens is 559 g/mol. The Balaban J connectivity index is 1.57. The Morgan fingerprint density at radius 2 is 1.75 bits per heavy atom. The molecule has 3 aromatic rings. The van der Waals surface area contributed by atoms with Gasteiger partial charge in [0.1, 0.15) is 18.0 Å².